The number of benzene rings is 2. The first-order valence-corrected chi connectivity index (χ1v) is 10.3. The molecule has 1 unspecified atom stereocenters. The third-order valence-electron chi connectivity index (χ3n) is 4.51. The van der Waals surface area contributed by atoms with Crippen molar-refractivity contribution in [2.45, 2.75) is 26.9 Å². The van der Waals surface area contributed by atoms with Crippen molar-refractivity contribution >= 4 is 34.7 Å². The summed E-state index contributed by atoms with van der Waals surface area (Å²) >= 11 is 1.20. The highest BCUT2D eigenvalue weighted by Crippen LogP contribution is 2.30. The Morgan fingerprint density at radius 2 is 1.81 bits per heavy atom. The molecule has 0 radical (unpaired) electrons. The van der Waals surface area contributed by atoms with E-state index in [1.165, 1.54) is 25.2 Å². The first-order chi connectivity index (χ1) is 14.8. The highest BCUT2D eigenvalue weighted by atomic mass is 32.1. The lowest BCUT2D eigenvalue weighted by atomic mass is 10.1. The van der Waals surface area contributed by atoms with Crippen molar-refractivity contribution in [2.75, 3.05) is 12.4 Å². The van der Waals surface area contributed by atoms with Gasteiger partial charge in [-0.1, -0.05) is 12.1 Å². The molecule has 0 aliphatic heterocycles. The van der Waals surface area contributed by atoms with Crippen LogP contribution < -0.4 is 10.1 Å². The molecule has 0 fully saturated rings. The monoisotopic (exact) mass is 438 g/mol. The molecule has 8 heteroatoms. The van der Waals surface area contributed by atoms with Crippen LogP contribution in [-0.4, -0.2) is 35.9 Å². The van der Waals surface area contributed by atoms with Gasteiger partial charge >= 0.3 is 5.97 Å². The Labute approximate surface area is 184 Å². The number of aromatic nitrogens is 1. The van der Waals surface area contributed by atoms with Crippen LogP contribution in [0.4, 0.5) is 5.69 Å². The van der Waals surface area contributed by atoms with E-state index in [0.29, 0.717) is 26.8 Å². The van der Waals surface area contributed by atoms with Gasteiger partial charge in [-0.25, -0.2) is 9.78 Å². The second-order valence-corrected chi connectivity index (χ2v) is 7.83. The molecule has 31 heavy (non-hydrogen) atoms. The molecular weight excluding hydrogens is 416 g/mol. The van der Waals surface area contributed by atoms with Gasteiger partial charge in [-0.05, 0) is 57.2 Å². The molecule has 0 saturated heterocycles. The number of carbonyl (C=O) groups excluding carboxylic acids is 3. The van der Waals surface area contributed by atoms with E-state index in [1.807, 2.05) is 24.3 Å². The average Bonchev–Trinajstić information content (AvgIpc) is 3.15. The van der Waals surface area contributed by atoms with Crippen molar-refractivity contribution < 1.29 is 23.9 Å². The van der Waals surface area contributed by atoms with Crippen LogP contribution in [-0.2, 0) is 9.53 Å². The summed E-state index contributed by atoms with van der Waals surface area (Å²) in [6, 6.07) is 13.9. The van der Waals surface area contributed by atoms with Gasteiger partial charge in [0.15, 0.2) is 11.9 Å². The minimum atomic E-state index is -1.03. The Morgan fingerprint density at radius 3 is 2.45 bits per heavy atom. The summed E-state index contributed by atoms with van der Waals surface area (Å²) < 4.78 is 10.5. The van der Waals surface area contributed by atoms with E-state index in [1.54, 1.807) is 38.3 Å². The lowest BCUT2D eigenvalue weighted by Crippen LogP contribution is -2.30. The van der Waals surface area contributed by atoms with Gasteiger partial charge < -0.3 is 14.8 Å². The number of ketones is 1. The fourth-order valence-electron chi connectivity index (χ4n) is 2.77. The van der Waals surface area contributed by atoms with Gasteiger partial charge in [0.05, 0.1) is 12.8 Å². The summed E-state index contributed by atoms with van der Waals surface area (Å²) in [5, 5.41) is 3.33. The molecule has 0 bridgehead atoms. The van der Waals surface area contributed by atoms with E-state index < -0.39 is 18.0 Å². The van der Waals surface area contributed by atoms with Crippen LogP contribution in [0.5, 0.6) is 5.75 Å². The smallest absolute Gasteiger partial charge is 0.351 e. The molecule has 0 saturated carbocycles. The molecule has 160 valence electrons. The number of aryl methyl sites for hydroxylation is 1. The molecule has 0 aliphatic carbocycles. The van der Waals surface area contributed by atoms with E-state index in [4.69, 9.17) is 9.47 Å². The summed E-state index contributed by atoms with van der Waals surface area (Å²) in [5.74, 6) is -0.490. The molecule has 3 aromatic rings. The Hall–Kier alpha value is -3.52. The topological polar surface area (TPSA) is 94.6 Å². The van der Waals surface area contributed by atoms with Crippen LogP contribution in [0.25, 0.3) is 10.6 Å². The van der Waals surface area contributed by atoms with E-state index in [2.05, 4.69) is 10.3 Å². The SMILES string of the molecule is COc1ccc(-c2nc(C)c(C(=O)OC(C)C(=O)Nc3cccc(C(C)=O)c3)s2)cc1. The lowest BCUT2D eigenvalue weighted by Gasteiger charge is -2.13. The van der Waals surface area contributed by atoms with Crippen molar-refractivity contribution in [2.24, 2.45) is 0 Å². The molecular formula is C23H22N2O5S. The standard InChI is InChI=1S/C23H22N2O5S/c1-13-20(31-22(24-13)16-8-10-19(29-4)11-9-16)23(28)30-15(3)21(27)25-18-7-5-6-17(12-18)14(2)26/h5-12,15H,1-4H3,(H,25,27). The number of carbonyl (C=O) groups is 3. The van der Waals surface area contributed by atoms with E-state index >= 15 is 0 Å². The maximum Gasteiger partial charge on any atom is 0.351 e. The molecule has 1 aromatic heterocycles. The number of anilines is 1. The van der Waals surface area contributed by atoms with Crippen LogP contribution in [0.1, 0.15) is 39.6 Å². The number of esters is 1. The second-order valence-electron chi connectivity index (χ2n) is 6.84. The number of nitrogens with zero attached hydrogens (tertiary/aromatic N) is 1. The summed E-state index contributed by atoms with van der Waals surface area (Å²) in [4.78, 5) is 41.3. The van der Waals surface area contributed by atoms with Crippen molar-refractivity contribution in [1.82, 2.24) is 4.98 Å². The molecule has 0 spiro atoms. The number of ether oxygens (including phenoxy) is 2. The maximum absolute atomic E-state index is 12.6. The van der Waals surface area contributed by atoms with Crippen molar-refractivity contribution in [3.63, 3.8) is 0 Å². The molecule has 2 aromatic carbocycles. The number of Topliss-reactive ketones (excluding diaryl/α,β-unsaturated/α-hetero) is 1. The van der Waals surface area contributed by atoms with Gasteiger partial charge in [0.25, 0.3) is 5.91 Å². The van der Waals surface area contributed by atoms with Gasteiger partial charge in [0, 0.05) is 16.8 Å². The summed E-state index contributed by atoms with van der Waals surface area (Å²) in [6.45, 7) is 4.66. The Bertz CT molecular complexity index is 1120. The summed E-state index contributed by atoms with van der Waals surface area (Å²) in [7, 11) is 1.59. The number of thiazole rings is 1. The van der Waals surface area contributed by atoms with Crippen LogP contribution in [0.3, 0.4) is 0 Å². The Balaban J connectivity index is 1.67. The Morgan fingerprint density at radius 1 is 1.10 bits per heavy atom. The number of amides is 1. The number of methoxy groups -OCH3 is 1. The van der Waals surface area contributed by atoms with Crippen molar-refractivity contribution in [3.05, 3.63) is 64.7 Å². The number of hydrogen-bond acceptors (Lipinski definition) is 7. The minimum absolute atomic E-state index is 0.107. The van der Waals surface area contributed by atoms with E-state index in [9.17, 15) is 14.4 Å². The van der Waals surface area contributed by atoms with Gasteiger partial charge in [0.1, 0.15) is 15.6 Å². The largest absolute Gasteiger partial charge is 0.497 e. The molecule has 3 rings (SSSR count). The number of hydrogen-bond donors (Lipinski definition) is 1. The zero-order chi connectivity index (χ0) is 22.5. The quantitative estimate of drug-likeness (QED) is 0.431. The minimum Gasteiger partial charge on any atom is -0.497 e. The molecule has 1 N–H and O–H groups in total. The van der Waals surface area contributed by atoms with Crippen LogP contribution in [0.2, 0.25) is 0 Å². The number of rotatable bonds is 7. The predicted octanol–water partition coefficient (Wildman–Crippen LogP) is 4.51. The fourth-order valence-corrected chi connectivity index (χ4v) is 3.72. The lowest BCUT2D eigenvalue weighted by molar-refractivity contribution is -0.123. The third-order valence-corrected chi connectivity index (χ3v) is 5.70. The normalized spacial score (nSPS) is 11.5. The van der Waals surface area contributed by atoms with E-state index in [0.717, 1.165) is 11.3 Å². The maximum atomic E-state index is 12.6. The van der Waals surface area contributed by atoms with Gasteiger partial charge in [-0.2, -0.15) is 0 Å². The summed E-state index contributed by atoms with van der Waals surface area (Å²) in [6.07, 6.45) is -1.03. The van der Waals surface area contributed by atoms with Crippen LogP contribution >= 0.6 is 11.3 Å². The van der Waals surface area contributed by atoms with E-state index in [-0.39, 0.29) is 5.78 Å². The van der Waals surface area contributed by atoms with Gasteiger partial charge in [-0.15, -0.1) is 11.3 Å². The van der Waals surface area contributed by atoms with Gasteiger partial charge in [-0.3, -0.25) is 9.59 Å². The van der Waals surface area contributed by atoms with Crippen LogP contribution in [0, 0.1) is 6.92 Å². The predicted molar refractivity (Wildman–Crippen MR) is 119 cm³/mol. The highest BCUT2D eigenvalue weighted by Gasteiger charge is 2.23. The molecule has 7 nitrogen and oxygen atoms in total. The fraction of sp³-hybridized carbons (Fsp3) is 0.217. The average molecular weight is 439 g/mol. The highest BCUT2D eigenvalue weighted by molar-refractivity contribution is 7.17. The zero-order valence-electron chi connectivity index (χ0n) is 17.6. The van der Waals surface area contributed by atoms with Crippen molar-refractivity contribution in [3.8, 4) is 16.3 Å². The molecule has 1 amide bonds. The van der Waals surface area contributed by atoms with Crippen molar-refractivity contribution in [1.29, 1.82) is 0 Å². The third kappa shape index (κ3) is 5.35. The molecule has 0 aliphatic rings. The number of nitrogens with one attached hydrogen (secondary N) is 1. The molecule has 1 atom stereocenters. The second kappa shape index (κ2) is 9.53. The summed E-state index contributed by atoms with van der Waals surface area (Å²) in [5.41, 5.74) is 2.32. The first kappa shape index (κ1) is 22.2. The first-order valence-electron chi connectivity index (χ1n) is 9.53. The zero-order valence-corrected chi connectivity index (χ0v) is 18.4. The van der Waals surface area contributed by atoms with Gasteiger partial charge in [0.2, 0.25) is 0 Å². The molecule has 1 heterocycles. The van der Waals surface area contributed by atoms with Crippen LogP contribution in [0.15, 0.2) is 48.5 Å². The Kier molecular flexibility index (Phi) is 6.81.